The predicted octanol–water partition coefficient (Wildman–Crippen LogP) is 3.86. The van der Waals surface area contributed by atoms with Gasteiger partial charge in [-0.2, -0.15) is 0 Å². The summed E-state index contributed by atoms with van der Waals surface area (Å²) in [6.07, 6.45) is 8.20. The molecule has 1 aliphatic heterocycles. The van der Waals surface area contributed by atoms with Crippen LogP contribution in [-0.4, -0.2) is 21.7 Å². The van der Waals surface area contributed by atoms with Gasteiger partial charge in [-0.1, -0.05) is 19.3 Å². The highest BCUT2D eigenvalue weighted by atomic mass is 16.6. The monoisotopic (exact) mass is 380 g/mol. The first-order valence-corrected chi connectivity index (χ1v) is 9.39. The van der Waals surface area contributed by atoms with Crippen molar-refractivity contribution in [3.63, 3.8) is 0 Å². The van der Waals surface area contributed by atoms with Crippen LogP contribution < -0.4 is 10.6 Å². The first kappa shape index (κ1) is 18.1. The quantitative estimate of drug-likeness (QED) is 0.617. The summed E-state index contributed by atoms with van der Waals surface area (Å²) < 4.78 is 0. The molecule has 1 fully saturated rings. The van der Waals surface area contributed by atoms with E-state index in [1.54, 1.807) is 24.4 Å². The zero-order valence-corrected chi connectivity index (χ0v) is 15.2. The van der Waals surface area contributed by atoms with E-state index >= 15 is 0 Å². The van der Waals surface area contributed by atoms with E-state index in [9.17, 15) is 19.7 Å². The molecule has 0 bridgehead atoms. The van der Waals surface area contributed by atoms with Gasteiger partial charge in [-0.15, -0.1) is 0 Å². The SMILES string of the molecule is O=C(Nc1cc2c(cc1[N+](=O)[O-])NC(=O)C2C1CCCCC1)c1cccnc1. The van der Waals surface area contributed by atoms with E-state index in [1.807, 2.05) is 0 Å². The molecule has 1 aliphatic carbocycles. The third-order valence-electron chi connectivity index (χ3n) is 5.53. The van der Waals surface area contributed by atoms with Gasteiger partial charge >= 0.3 is 0 Å². The maximum atomic E-state index is 12.6. The first-order chi connectivity index (χ1) is 13.5. The van der Waals surface area contributed by atoms with Crippen molar-refractivity contribution >= 4 is 28.9 Å². The number of aromatic nitrogens is 1. The molecular formula is C20H20N4O4. The average molecular weight is 380 g/mol. The number of benzene rings is 1. The first-order valence-electron chi connectivity index (χ1n) is 9.39. The van der Waals surface area contributed by atoms with Crippen molar-refractivity contribution in [3.05, 3.63) is 57.9 Å². The Morgan fingerprint density at radius 1 is 1.25 bits per heavy atom. The number of amides is 2. The molecule has 8 nitrogen and oxygen atoms in total. The van der Waals surface area contributed by atoms with E-state index < -0.39 is 10.8 Å². The van der Waals surface area contributed by atoms with Gasteiger partial charge in [0.15, 0.2) is 0 Å². The Hall–Kier alpha value is -3.29. The zero-order chi connectivity index (χ0) is 19.7. The van der Waals surface area contributed by atoms with Gasteiger partial charge in [0, 0.05) is 18.5 Å². The van der Waals surface area contributed by atoms with Crippen LogP contribution in [0.25, 0.3) is 0 Å². The van der Waals surface area contributed by atoms with Gasteiger partial charge in [0.25, 0.3) is 11.6 Å². The van der Waals surface area contributed by atoms with Gasteiger partial charge in [-0.25, -0.2) is 0 Å². The molecule has 1 aromatic carbocycles. The highest BCUT2D eigenvalue weighted by Gasteiger charge is 2.39. The fourth-order valence-corrected chi connectivity index (χ4v) is 4.20. The van der Waals surface area contributed by atoms with Gasteiger partial charge in [-0.3, -0.25) is 24.7 Å². The summed E-state index contributed by atoms with van der Waals surface area (Å²) >= 11 is 0. The molecule has 2 aliphatic rings. The van der Waals surface area contributed by atoms with Crippen LogP contribution in [0.3, 0.4) is 0 Å². The van der Waals surface area contributed by atoms with Gasteiger partial charge in [0.05, 0.1) is 22.1 Å². The second-order valence-corrected chi connectivity index (χ2v) is 7.27. The molecule has 2 aromatic rings. The van der Waals surface area contributed by atoms with E-state index in [4.69, 9.17) is 0 Å². The molecule has 1 aromatic heterocycles. The number of hydrogen-bond acceptors (Lipinski definition) is 5. The van der Waals surface area contributed by atoms with E-state index in [2.05, 4.69) is 15.6 Å². The molecule has 2 amide bonds. The lowest BCUT2D eigenvalue weighted by atomic mass is 9.77. The van der Waals surface area contributed by atoms with Crippen molar-refractivity contribution < 1.29 is 14.5 Å². The van der Waals surface area contributed by atoms with Crippen LogP contribution >= 0.6 is 0 Å². The summed E-state index contributed by atoms with van der Waals surface area (Å²) in [5.41, 5.74) is 1.33. The van der Waals surface area contributed by atoms with Crippen molar-refractivity contribution in [1.29, 1.82) is 0 Å². The summed E-state index contributed by atoms with van der Waals surface area (Å²) in [7, 11) is 0. The summed E-state index contributed by atoms with van der Waals surface area (Å²) in [6.45, 7) is 0. The maximum Gasteiger partial charge on any atom is 0.294 e. The van der Waals surface area contributed by atoms with Crippen LogP contribution in [0.4, 0.5) is 17.1 Å². The molecule has 28 heavy (non-hydrogen) atoms. The Bertz CT molecular complexity index is 939. The number of anilines is 2. The van der Waals surface area contributed by atoms with E-state index in [-0.39, 0.29) is 29.1 Å². The van der Waals surface area contributed by atoms with Gasteiger partial charge in [-0.05, 0) is 42.5 Å². The second kappa shape index (κ2) is 7.38. The minimum Gasteiger partial charge on any atom is -0.325 e. The van der Waals surface area contributed by atoms with Crippen LogP contribution in [0.2, 0.25) is 0 Å². The largest absolute Gasteiger partial charge is 0.325 e. The lowest BCUT2D eigenvalue weighted by Crippen LogP contribution is -2.23. The molecule has 4 rings (SSSR count). The minimum absolute atomic E-state index is 0.0925. The number of nitro benzene ring substituents is 1. The highest BCUT2D eigenvalue weighted by molar-refractivity contribution is 6.08. The second-order valence-electron chi connectivity index (χ2n) is 7.27. The van der Waals surface area contributed by atoms with Gasteiger partial charge in [0.2, 0.25) is 5.91 Å². The van der Waals surface area contributed by atoms with E-state index in [1.165, 1.54) is 18.7 Å². The molecule has 2 heterocycles. The zero-order valence-electron chi connectivity index (χ0n) is 15.2. The number of carbonyl (C=O) groups excluding carboxylic acids is 2. The smallest absolute Gasteiger partial charge is 0.294 e. The number of fused-ring (bicyclic) bond motifs is 1. The number of nitro groups is 1. The minimum atomic E-state index is -0.556. The van der Waals surface area contributed by atoms with Gasteiger partial charge in [0.1, 0.15) is 5.69 Å². The number of nitrogens with one attached hydrogen (secondary N) is 2. The lowest BCUT2D eigenvalue weighted by molar-refractivity contribution is -0.383. The number of hydrogen-bond donors (Lipinski definition) is 2. The summed E-state index contributed by atoms with van der Waals surface area (Å²) in [5, 5.41) is 16.9. The highest BCUT2D eigenvalue weighted by Crippen LogP contribution is 2.46. The number of nitrogens with zero attached hydrogens (tertiary/aromatic N) is 2. The maximum absolute atomic E-state index is 12.6. The van der Waals surface area contributed by atoms with E-state index in [0.717, 1.165) is 31.2 Å². The number of rotatable bonds is 4. The Labute approximate surface area is 161 Å². The molecule has 0 saturated heterocycles. The van der Waals surface area contributed by atoms with Crippen LogP contribution in [0, 0.1) is 16.0 Å². The fraction of sp³-hybridized carbons (Fsp3) is 0.350. The third kappa shape index (κ3) is 3.33. The lowest BCUT2D eigenvalue weighted by Gasteiger charge is -2.26. The summed E-state index contributed by atoms with van der Waals surface area (Å²) in [4.78, 5) is 39.9. The Balaban J connectivity index is 1.70. The molecule has 0 radical (unpaired) electrons. The van der Waals surface area contributed by atoms with Crippen molar-refractivity contribution in [2.45, 2.75) is 38.0 Å². The van der Waals surface area contributed by atoms with Crippen molar-refractivity contribution in [2.75, 3.05) is 10.6 Å². The van der Waals surface area contributed by atoms with E-state index in [0.29, 0.717) is 11.3 Å². The molecule has 1 unspecified atom stereocenters. The average Bonchev–Trinajstić information content (AvgIpc) is 3.03. The van der Waals surface area contributed by atoms with Crippen molar-refractivity contribution in [2.24, 2.45) is 5.92 Å². The molecule has 2 N–H and O–H groups in total. The molecular weight excluding hydrogens is 360 g/mol. The number of pyridine rings is 1. The molecule has 144 valence electrons. The van der Waals surface area contributed by atoms with Gasteiger partial charge < -0.3 is 10.6 Å². The summed E-state index contributed by atoms with van der Waals surface area (Å²) in [6, 6.07) is 6.12. The molecule has 8 heteroatoms. The van der Waals surface area contributed by atoms with Crippen LogP contribution in [0.5, 0.6) is 0 Å². The van der Waals surface area contributed by atoms with Crippen LogP contribution in [0.15, 0.2) is 36.7 Å². The normalized spacial score (nSPS) is 19.0. The molecule has 0 spiro atoms. The van der Waals surface area contributed by atoms with Crippen molar-refractivity contribution in [3.8, 4) is 0 Å². The molecule has 1 atom stereocenters. The predicted molar refractivity (Wildman–Crippen MR) is 103 cm³/mol. The Morgan fingerprint density at radius 3 is 2.71 bits per heavy atom. The third-order valence-corrected chi connectivity index (χ3v) is 5.53. The van der Waals surface area contributed by atoms with Crippen LogP contribution in [-0.2, 0) is 4.79 Å². The Morgan fingerprint density at radius 2 is 2.04 bits per heavy atom. The Kier molecular flexibility index (Phi) is 4.77. The standard InChI is InChI=1S/C20H20N4O4/c25-19(13-7-4-8-21-11-13)23-16-9-14-15(10-17(16)24(27)28)22-20(26)18(14)12-5-2-1-3-6-12/h4,7-12,18H,1-3,5-6H2,(H,22,26)(H,23,25). The topological polar surface area (TPSA) is 114 Å². The summed E-state index contributed by atoms with van der Waals surface area (Å²) in [5.74, 6) is -0.710. The van der Waals surface area contributed by atoms with Crippen LogP contribution in [0.1, 0.15) is 53.9 Å². The molecule has 1 saturated carbocycles. The van der Waals surface area contributed by atoms with Crippen molar-refractivity contribution in [1.82, 2.24) is 4.98 Å². The number of carbonyl (C=O) groups is 2. The fourth-order valence-electron chi connectivity index (χ4n) is 4.20.